The van der Waals surface area contributed by atoms with E-state index in [4.69, 9.17) is 4.74 Å². The summed E-state index contributed by atoms with van der Waals surface area (Å²) in [5.74, 6) is -0.252. The van der Waals surface area contributed by atoms with Crippen LogP contribution in [0, 0.1) is 10.8 Å². The predicted molar refractivity (Wildman–Crippen MR) is 190 cm³/mol. The average Bonchev–Trinajstić information content (AvgIpc) is 3.07. The van der Waals surface area contributed by atoms with Gasteiger partial charge in [0.1, 0.15) is 0 Å². The Hall–Kier alpha value is -3.58. The summed E-state index contributed by atoms with van der Waals surface area (Å²) in [5.41, 5.74) is -0.793. The summed E-state index contributed by atoms with van der Waals surface area (Å²) in [5, 5.41) is 0. The Kier molecular flexibility index (Phi) is 23.6. The topological polar surface area (TPSA) is 112 Å². The molecule has 0 unspecified atom stereocenters. The van der Waals surface area contributed by atoms with Crippen molar-refractivity contribution in [1.29, 1.82) is 0 Å². The highest BCUT2D eigenvalue weighted by Crippen LogP contribution is 2.41. The van der Waals surface area contributed by atoms with E-state index in [0.29, 0.717) is 129 Å². The number of rotatable bonds is 34. The van der Waals surface area contributed by atoms with Crippen LogP contribution in [-0.2, 0) is 33.5 Å². The van der Waals surface area contributed by atoms with E-state index in [2.05, 4.69) is 39.5 Å². The first-order valence-corrected chi connectivity index (χ1v) is 16.9. The van der Waals surface area contributed by atoms with Gasteiger partial charge in [0.05, 0.1) is 13.2 Å². The first-order chi connectivity index (χ1) is 22.4. The largest absolute Gasteiger partial charge is 0.380 e. The van der Waals surface area contributed by atoms with Crippen molar-refractivity contribution in [3.05, 3.63) is 75.9 Å². The van der Waals surface area contributed by atoms with Crippen LogP contribution in [0.15, 0.2) is 75.9 Å². The van der Waals surface area contributed by atoms with Gasteiger partial charge in [0.25, 0.3) is 0 Å². The van der Waals surface area contributed by atoms with Gasteiger partial charge < -0.3 is 4.74 Å². The molecule has 0 fully saturated rings. The van der Waals surface area contributed by atoms with Crippen molar-refractivity contribution in [2.45, 2.75) is 116 Å². The molecule has 260 valence electrons. The standard InChI is InChI=1S/C40H58O7/c1-7-33(41)19-13-25-39(26-14-20-34(42)8-2,27-15-21-35(43)9-3)31-47-32-40(28-16-22-36(44)10-4,29-17-23-37(45)11-5)30-18-24-38(46)12-6/h7-12H,1-6,13-32H2. The first-order valence-electron chi connectivity index (χ1n) is 16.9. The molecule has 0 aliphatic heterocycles. The van der Waals surface area contributed by atoms with Gasteiger partial charge in [-0.1, -0.05) is 39.5 Å². The van der Waals surface area contributed by atoms with E-state index < -0.39 is 10.8 Å². The fraction of sp³-hybridized carbons (Fsp3) is 0.550. The Morgan fingerprint density at radius 3 is 0.681 bits per heavy atom. The van der Waals surface area contributed by atoms with E-state index in [1.165, 1.54) is 36.5 Å². The second kappa shape index (κ2) is 25.5. The molecule has 0 bridgehead atoms. The number of allylic oxidation sites excluding steroid dienone is 6. The van der Waals surface area contributed by atoms with Gasteiger partial charge in [-0.3, -0.25) is 28.8 Å². The van der Waals surface area contributed by atoms with Crippen LogP contribution in [0.5, 0.6) is 0 Å². The summed E-state index contributed by atoms with van der Waals surface area (Å²) in [4.78, 5) is 72.5. The lowest BCUT2D eigenvalue weighted by Crippen LogP contribution is -2.33. The Balaban J connectivity index is 6.34. The van der Waals surface area contributed by atoms with Crippen molar-refractivity contribution < 1.29 is 33.5 Å². The van der Waals surface area contributed by atoms with E-state index >= 15 is 0 Å². The van der Waals surface area contributed by atoms with E-state index in [1.807, 2.05) is 0 Å². The zero-order chi connectivity index (χ0) is 35.6. The summed E-state index contributed by atoms with van der Waals surface area (Å²) >= 11 is 0. The zero-order valence-corrected chi connectivity index (χ0v) is 28.7. The molecule has 47 heavy (non-hydrogen) atoms. The van der Waals surface area contributed by atoms with Crippen LogP contribution in [0.1, 0.15) is 116 Å². The van der Waals surface area contributed by atoms with Crippen molar-refractivity contribution in [1.82, 2.24) is 0 Å². The van der Waals surface area contributed by atoms with Gasteiger partial charge in [-0.25, -0.2) is 0 Å². The maximum atomic E-state index is 12.1. The quantitative estimate of drug-likeness (QED) is 0.0642. The maximum Gasteiger partial charge on any atom is 0.155 e. The monoisotopic (exact) mass is 650 g/mol. The number of ether oxygens (including phenoxy) is 1. The van der Waals surface area contributed by atoms with Gasteiger partial charge in [0.2, 0.25) is 0 Å². The molecule has 0 amide bonds. The number of hydrogen-bond acceptors (Lipinski definition) is 7. The fourth-order valence-corrected chi connectivity index (χ4v) is 6.11. The van der Waals surface area contributed by atoms with Crippen molar-refractivity contribution in [2.24, 2.45) is 10.8 Å². The summed E-state index contributed by atoms with van der Waals surface area (Å²) in [6.07, 6.45) is 17.7. The minimum atomic E-state index is -0.396. The Morgan fingerprint density at radius 2 is 0.532 bits per heavy atom. The van der Waals surface area contributed by atoms with Gasteiger partial charge in [0, 0.05) is 38.5 Å². The van der Waals surface area contributed by atoms with Crippen LogP contribution in [0.4, 0.5) is 0 Å². The van der Waals surface area contributed by atoms with E-state index in [0.717, 1.165) is 0 Å². The van der Waals surface area contributed by atoms with Crippen LogP contribution in [0.3, 0.4) is 0 Å². The highest BCUT2D eigenvalue weighted by Gasteiger charge is 2.34. The maximum absolute atomic E-state index is 12.1. The van der Waals surface area contributed by atoms with Crippen molar-refractivity contribution >= 4 is 34.7 Å². The SMILES string of the molecule is C=CC(=O)CCCC(CCCC(=O)C=C)(CCCC(=O)C=C)COCC(CCCC(=O)C=C)(CCCC(=O)C=C)CCCC(=O)C=C. The molecular weight excluding hydrogens is 592 g/mol. The van der Waals surface area contributed by atoms with E-state index in [9.17, 15) is 28.8 Å². The minimum Gasteiger partial charge on any atom is -0.380 e. The molecule has 0 rings (SSSR count). The highest BCUT2D eigenvalue weighted by molar-refractivity contribution is 5.90. The molecule has 0 N–H and O–H groups in total. The zero-order valence-electron chi connectivity index (χ0n) is 28.7. The van der Waals surface area contributed by atoms with Gasteiger partial charge in [-0.2, -0.15) is 0 Å². The van der Waals surface area contributed by atoms with Crippen molar-refractivity contribution in [3.63, 3.8) is 0 Å². The van der Waals surface area contributed by atoms with Crippen LogP contribution in [-0.4, -0.2) is 47.9 Å². The highest BCUT2D eigenvalue weighted by atomic mass is 16.5. The lowest BCUT2D eigenvalue weighted by Gasteiger charge is -2.38. The van der Waals surface area contributed by atoms with Gasteiger partial charge in [-0.05, 0) is 124 Å². The van der Waals surface area contributed by atoms with Crippen LogP contribution in [0.25, 0.3) is 0 Å². The summed E-state index contributed by atoms with van der Waals surface area (Å²) in [6, 6.07) is 0. The number of carbonyl (C=O) groups is 6. The van der Waals surface area contributed by atoms with Crippen molar-refractivity contribution in [2.75, 3.05) is 13.2 Å². The summed E-state index contributed by atoms with van der Waals surface area (Å²) in [7, 11) is 0. The van der Waals surface area contributed by atoms with Gasteiger partial charge >= 0.3 is 0 Å². The first kappa shape index (κ1) is 43.4. The Morgan fingerprint density at radius 1 is 0.362 bits per heavy atom. The molecule has 0 saturated carbocycles. The molecule has 0 atom stereocenters. The van der Waals surface area contributed by atoms with Crippen LogP contribution in [0.2, 0.25) is 0 Å². The molecule has 0 aromatic carbocycles. The normalized spacial score (nSPS) is 11.2. The molecule has 0 aliphatic rings. The van der Waals surface area contributed by atoms with E-state index in [-0.39, 0.29) is 34.7 Å². The second-order valence-electron chi connectivity index (χ2n) is 12.6. The van der Waals surface area contributed by atoms with Gasteiger partial charge in [-0.15, -0.1) is 0 Å². The Labute approximate surface area is 283 Å². The second-order valence-corrected chi connectivity index (χ2v) is 12.6. The fourth-order valence-electron chi connectivity index (χ4n) is 6.11. The molecule has 0 saturated heterocycles. The lowest BCUT2D eigenvalue weighted by atomic mass is 9.73. The molecule has 0 radical (unpaired) electrons. The van der Waals surface area contributed by atoms with Gasteiger partial charge in [0.15, 0.2) is 34.7 Å². The van der Waals surface area contributed by atoms with E-state index in [1.54, 1.807) is 0 Å². The third kappa shape index (κ3) is 20.3. The summed E-state index contributed by atoms with van der Waals surface area (Å²) in [6.45, 7) is 22.2. The molecule has 0 aliphatic carbocycles. The molecule has 0 heterocycles. The number of carbonyl (C=O) groups excluding carboxylic acids is 6. The predicted octanol–water partition coefficient (Wildman–Crippen LogP) is 8.53. The van der Waals surface area contributed by atoms with Crippen LogP contribution >= 0.6 is 0 Å². The molecule has 7 nitrogen and oxygen atoms in total. The molecule has 0 spiro atoms. The third-order valence-corrected chi connectivity index (χ3v) is 8.96. The lowest BCUT2D eigenvalue weighted by molar-refractivity contribution is -0.116. The summed E-state index contributed by atoms with van der Waals surface area (Å²) < 4.78 is 6.64. The molecular formula is C40H58O7. The smallest absolute Gasteiger partial charge is 0.155 e. The average molecular weight is 651 g/mol. The molecule has 0 aromatic rings. The third-order valence-electron chi connectivity index (χ3n) is 8.96. The van der Waals surface area contributed by atoms with Crippen LogP contribution < -0.4 is 0 Å². The number of ketones is 6. The minimum absolute atomic E-state index is 0.0419. The molecule has 7 heteroatoms. The van der Waals surface area contributed by atoms with Crippen molar-refractivity contribution in [3.8, 4) is 0 Å². The Bertz CT molecular complexity index is 894. The molecule has 0 aromatic heterocycles. The number of hydrogen-bond donors (Lipinski definition) is 0.